The Balaban J connectivity index is 2.32. The van der Waals surface area contributed by atoms with Crippen molar-refractivity contribution in [1.29, 1.82) is 0 Å². The number of rotatable bonds is 5. The Morgan fingerprint density at radius 1 is 0.900 bits per heavy atom. The number of hydrogen-bond donors (Lipinski definition) is 3. The van der Waals surface area contributed by atoms with Crippen LogP contribution in [0.15, 0.2) is 62.5 Å². The number of ether oxygens (including phenoxy) is 1. The summed E-state index contributed by atoms with van der Waals surface area (Å²) in [5, 5.41) is 18.5. The molecule has 158 valence electrons. The fraction of sp³-hybridized carbons (Fsp3) is 0.111. The lowest BCUT2D eigenvalue weighted by Crippen LogP contribution is -2.00. The third-order valence-corrected chi connectivity index (χ3v) is 5.91. The highest BCUT2D eigenvalue weighted by Crippen LogP contribution is 2.42. The zero-order valence-electron chi connectivity index (χ0n) is 15.6. The van der Waals surface area contributed by atoms with Gasteiger partial charge in [-0.1, -0.05) is 12.1 Å². The van der Waals surface area contributed by atoms with Crippen molar-refractivity contribution in [3.63, 3.8) is 0 Å². The molecule has 0 aromatic heterocycles. The van der Waals surface area contributed by atoms with Crippen LogP contribution >= 0.6 is 0 Å². The molecule has 3 aromatic rings. The van der Waals surface area contributed by atoms with Crippen LogP contribution in [0.4, 0.5) is 11.4 Å². The average Bonchev–Trinajstić information content (AvgIpc) is 2.65. The molecule has 3 rings (SSSR count). The number of benzene rings is 3. The van der Waals surface area contributed by atoms with Crippen LogP contribution < -0.4 is 4.74 Å². The van der Waals surface area contributed by atoms with Crippen LogP contribution in [0.25, 0.3) is 10.8 Å². The summed E-state index contributed by atoms with van der Waals surface area (Å²) in [6, 6.07) is 9.18. The molecule has 3 aromatic carbocycles. The number of azo groups is 1. The largest absolute Gasteiger partial charge is 0.504 e. The van der Waals surface area contributed by atoms with Crippen LogP contribution in [0, 0.1) is 6.92 Å². The van der Waals surface area contributed by atoms with Gasteiger partial charge in [0.15, 0.2) is 5.75 Å². The molecular formula is C18H16N2O8S2. The van der Waals surface area contributed by atoms with E-state index in [1.54, 1.807) is 25.1 Å². The van der Waals surface area contributed by atoms with E-state index in [1.165, 1.54) is 13.2 Å². The van der Waals surface area contributed by atoms with Gasteiger partial charge >= 0.3 is 0 Å². The standard InChI is InChI=1S/C18H16N2O8S2/c1-10-3-6-15(28-2)14(7-10)19-20-17-13-5-4-12(29(22,23)24)8-11(13)9-16(18(17)21)30(25,26)27/h3-9,21H,1-2H3,(H,22,23,24)(H,25,26,27). The zero-order valence-corrected chi connectivity index (χ0v) is 17.3. The fourth-order valence-corrected chi connectivity index (χ4v) is 3.90. The summed E-state index contributed by atoms with van der Waals surface area (Å²) in [6.45, 7) is 1.81. The Morgan fingerprint density at radius 2 is 1.60 bits per heavy atom. The molecule has 0 fully saturated rings. The number of aromatic hydroxyl groups is 1. The number of hydrogen-bond acceptors (Lipinski definition) is 8. The van der Waals surface area contributed by atoms with Crippen LogP contribution in [-0.4, -0.2) is 38.2 Å². The molecule has 12 heteroatoms. The minimum absolute atomic E-state index is 0.0271. The molecule has 0 aliphatic carbocycles. The Bertz CT molecular complexity index is 1400. The number of phenols is 1. The molecule has 0 atom stereocenters. The first kappa shape index (κ1) is 21.6. The van der Waals surface area contributed by atoms with E-state index in [0.717, 1.165) is 23.8 Å². The van der Waals surface area contributed by atoms with Crippen molar-refractivity contribution in [1.82, 2.24) is 0 Å². The molecule has 0 saturated carbocycles. The van der Waals surface area contributed by atoms with Crippen molar-refractivity contribution < 1.29 is 35.8 Å². The summed E-state index contributed by atoms with van der Waals surface area (Å²) >= 11 is 0. The molecule has 3 N–H and O–H groups in total. The van der Waals surface area contributed by atoms with E-state index in [9.17, 15) is 31.0 Å². The molecule has 0 aliphatic heterocycles. The maximum atomic E-state index is 11.7. The van der Waals surface area contributed by atoms with Crippen LogP contribution in [0.2, 0.25) is 0 Å². The monoisotopic (exact) mass is 452 g/mol. The van der Waals surface area contributed by atoms with Crippen LogP contribution in [0.3, 0.4) is 0 Å². The van der Waals surface area contributed by atoms with E-state index >= 15 is 0 Å². The number of fused-ring (bicyclic) bond motifs is 1. The topological polar surface area (TPSA) is 163 Å². The highest BCUT2D eigenvalue weighted by molar-refractivity contribution is 7.86. The Hall–Kier alpha value is -3.06. The smallest absolute Gasteiger partial charge is 0.298 e. The number of nitrogens with zero attached hydrogens (tertiary/aromatic N) is 2. The molecule has 0 heterocycles. The maximum Gasteiger partial charge on any atom is 0.298 e. The lowest BCUT2D eigenvalue weighted by Gasteiger charge is -2.10. The van der Waals surface area contributed by atoms with Gasteiger partial charge < -0.3 is 9.84 Å². The summed E-state index contributed by atoms with van der Waals surface area (Å²) in [6.07, 6.45) is 0. The van der Waals surface area contributed by atoms with Crippen molar-refractivity contribution in [3.8, 4) is 11.5 Å². The van der Waals surface area contributed by atoms with Crippen molar-refractivity contribution in [3.05, 3.63) is 48.0 Å². The fourth-order valence-electron chi connectivity index (χ4n) is 2.77. The predicted octanol–water partition coefficient (Wildman–Crippen LogP) is 3.77. The van der Waals surface area contributed by atoms with Gasteiger partial charge in [-0.15, -0.1) is 10.2 Å². The highest BCUT2D eigenvalue weighted by atomic mass is 32.2. The SMILES string of the molecule is COc1ccc(C)cc1N=Nc1c(O)c(S(=O)(=O)O)cc2cc(S(=O)(=O)O)ccc12. The normalized spacial score (nSPS) is 12.5. The molecule has 30 heavy (non-hydrogen) atoms. The summed E-state index contributed by atoms with van der Waals surface area (Å²) in [5.41, 5.74) is 0.797. The number of methoxy groups -OCH3 is 1. The van der Waals surface area contributed by atoms with E-state index in [2.05, 4.69) is 10.2 Å². The van der Waals surface area contributed by atoms with Gasteiger partial charge in [0.25, 0.3) is 20.2 Å². The molecule has 10 nitrogen and oxygen atoms in total. The molecular weight excluding hydrogens is 436 g/mol. The van der Waals surface area contributed by atoms with E-state index in [1.807, 2.05) is 0 Å². The summed E-state index contributed by atoms with van der Waals surface area (Å²) in [7, 11) is -8.04. The Labute approximate surface area is 172 Å². The summed E-state index contributed by atoms with van der Waals surface area (Å²) in [5.74, 6) is -0.507. The molecule has 0 unspecified atom stereocenters. The highest BCUT2D eigenvalue weighted by Gasteiger charge is 2.23. The van der Waals surface area contributed by atoms with Crippen LogP contribution in [0.1, 0.15) is 5.56 Å². The van der Waals surface area contributed by atoms with Gasteiger partial charge in [0, 0.05) is 5.39 Å². The van der Waals surface area contributed by atoms with Crippen LogP contribution in [-0.2, 0) is 20.2 Å². The molecule has 0 bridgehead atoms. The number of phenolic OH excluding ortho intramolecular Hbond substituents is 1. The van der Waals surface area contributed by atoms with E-state index in [0.29, 0.717) is 5.75 Å². The van der Waals surface area contributed by atoms with Crippen molar-refractivity contribution in [2.75, 3.05) is 7.11 Å². The van der Waals surface area contributed by atoms with Gasteiger partial charge in [-0.05, 0) is 48.2 Å². The molecule has 0 amide bonds. The second-order valence-electron chi connectivity index (χ2n) is 6.28. The molecule has 0 saturated heterocycles. The summed E-state index contributed by atoms with van der Waals surface area (Å²) < 4.78 is 70.1. The van der Waals surface area contributed by atoms with Gasteiger partial charge in [0.2, 0.25) is 0 Å². The van der Waals surface area contributed by atoms with E-state index < -0.39 is 35.8 Å². The van der Waals surface area contributed by atoms with Crippen molar-refractivity contribution in [2.24, 2.45) is 10.2 Å². The number of aryl methyl sites for hydroxylation is 1. The van der Waals surface area contributed by atoms with Gasteiger partial charge in [0.05, 0.1) is 12.0 Å². The van der Waals surface area contributed by atoms with Crippen LogP contribution in [0.5, 0.6) is 11.5 Å². The first-order valence-electron chi connectivity index (χ1n) is 8.23. The third-order valence-electron chi connectivity index (χ3n) is 4.19. The second-order valence-corrected chi connectivity index (χ2v) is 9.09. The summed E-state index contributed by atoms with van der Waals surface area (Å²) in [4.78, 5) is -1.40. The maximum absolute atomic E-state index is 11.7. The van der Waals surface area contributed by atoms with E-state index in [-0.39, 0.29) is 22.1 Å². The second kappa shape index (κ2) is 7.65. The van der Waals surface area contributed by atoms with E-state index in [4.69, 9.17) is 4.74 Å². The van der Waals surface area contributed by atoms with Crippen molar-refractivity contribution >= 4 is 42.4 Å². The minimum atomic E-state index is -4.89. The van der Waals surface area contributed by atoms with Gasteiger partial charge in [-0.3, -0.25) is 9.11 Å². The zero-order chi connectivity index (χ0) is 22.3. The first-order valence-corrected chi connectivity index (χ1v) is 11.1. The molecule has 0 spiro atoms. The van der Waals surface area contributed by atoms with Gasteiger partial charge in [-0.25, -0.2) is 0 Å². The lowest BCUT2D eigenvalue weighted by molar-refractivity contribution is 0.415. The Morgan fingerprint density at radius 3 is 2.20 bits per heavy atom. The molecule has 0 aliphatic rings. The predicted molar refractivity (Wildman–Crippen MR) is 107 cm³/mol. The van der Waals surface area contributed by atoms with Gasteiger partial charge in [0.1, 0.15) is 22.0 Å². The lowest BCUT2D eigenvalue weighted by atomic mass is 10.1. The first-order chi connectivity index (χ1) is 13.9. The van der Waals surface area contributed by atoms with Crippen molar-refractivity contribution in [2.45, 2.75) is 16.7 Å². The minimum Gasteiger partial charge on any atom is -0.504 e. The third kappa shape index (κ3) is 4.26. The molecule has 0 radical (unpaired) electrons. The average molecular weight is 452 g/mol. The van der Waals surface area contributed by atoms with Gasteiger partial charge in [-0.2, -0.15) is 16.8 Å². The quantitative estimate of drug-likeness (QED) is 0.389. The Kier molecular flexibility index (Phi) is 5.52.